The van der Waals surface area contributed by atoms with Crippen LogP contribution in [0.2, 0.25) is 0 Å². The molecule has 0 unspecified atom stereocenters. The van der Waals surface area contributed by atoms with Gasteiger partial charge in [-0.3, -0.25) is 14.4 Å². The lowest BCUT2D eigenvalue weighted by atomic mass is 9.89. The van der Waals surface area contributed by atoms with Gasteiger partial charge in [0, 0.05) is 38.7 Å². The Bertz CT molecular complexity index is 848. The summed E-state index contributed by atoms with van der Waals surface area (Å²) < 4.78 is 26.1. The second kappa shape index (κ2) is 11.1. The van der Waals surface area contributed by atoms with Gasteiger partial charge in [-0.1, -0.05) is 19.3 Å². The zero-order valence-electron chi connectivity index (χ0n) is 17.4. The van der Waals surface area contributed by atoms with Gasteiger partial charge in [0.05, 0.1) is 11.4 Å². The molecular formula is C20H30N4O5S. The topological polar surface area (TPSA) is 125 Å². The van der Waals surface area contributed by atoms with E-state index in [1.165, 1.54) is 44.7 Å². The summed E-state index contributed by atoms with van der Waals surface area (Å²) in [5.74, 6) is -0.633. The smallest absolute Gasteiger partial charge is 0.243 e. The lowest BCUT2D eigenvalue weighted by Gasteiger charge is -2.21. The Balaban J connectivity index is 1.77. The number of likely N-dealkylation sites (N-methyl/N-ethyl adjacent to an activating group) is 1. The first-order valence-electron chi connectivity index (χ1n) is 10.1. The number of hydrogen-bond donors (Lipinski definition) is 3. The summed E-state index contributed by atoms with van der Waals surface area (Å²) in [7, 11) is -2.53. The van der Waals surface area contributed by atoms with Gasteiger partial charge in [0.2, 0.25) is 27.7 Å². The van der Waals surface area contributed by atoms with Gasteiger partial charge in [-0.05, 0) is 37.1 Å². The highest BCUT2D eigenvalue weighted by Crippen LogP contribution is 2.23. The maximum atomic E-state index is 12.6. The Labute approximate surface area is 177 Å². The molecule has 0 aliphatic heterocycles. The summed E-state index contributed by atoms with van der Waals surface area (Å²) in [6.45, 7) is 1.56. The predicted molar refractivity (Wildman–Crippen MR) is 113 cm³/mol. The Morgan fingerprint density at radius 3 is 2.20 bits per heavy atom. The molecule has 3 amide bonds. The molecule has 166 valence electrons. The van der Waals surface area contributed by atoms with E-state index in [0.29, 0.717) is 12.2 Å². The molecule has 0 aromatic heterocycles. The Morgan fingerprint density at radius 1 is 1.00 bits per heavy atom. The molecule has 0 radical (unpaired) electrons. The fourth-order valence-electron chi connectivity index (χ4n) is 3.33. The van der Waals surface area contributed by atoms with Crippen LogP contribution in [0.3, 0.4) is 0 Å². The molecule has 2 rings (SSSR count). The summed E-state index contributed by atoms with van der Waals surface area (Å²) in [5.41, 5.74) is 0.483. The van der Waals surface area contributed by atoms with Crippen molar-refractivity contribution in [1.29, 1.82) is 0 Å². The molecule has 1 aliphatic carbocycles. The van der Waals surface area contributed by atoms with Gasteiger partial charge in [0.25, 0.3) is 0 Å². The Hall–Kier alpha value is -2.46. The third kappa shape index (κ3) is 7.10. The predicted octanol–water partition coefficient (Wildman–Crippen LogP) is 1.08. The first-order valence-corrected chi connectivity index (χ1v) is 11.5. The minimum Gasteiger partial charge on any atom is -0.354 e. The fraction of sp³-hybridized carbons (Fsp3) is 0.550. The van der Waals surface area contributed by atoms with Crippen molar-refractivity contribution in [1.82, 2.24) is 14.9 Å². The van der Waals surface area contributed by atoms with Crippen molar-refractivity contribution in [3.05, 3.63) is 24.3 Å². The number of carbonyl (C=O) groups excluding carboxylic acids is 3. The zero-order valence-corrected chi connectivity index (χ0v) is 18.3. The Morgan fingerprint density at radius 2 is 1.60 bits per heavy atom. The van der Waals surface area contributed by atoms with Crippen LogP contribution in [0.25, 0.3) is 0 Å². The maximum Gasteiger partial charge on any atom is 0.243 e. The summed E-state index contributed by atoms with van der Waals surface area (Å²) in [4.78, 5) is 35.2. The number of rotatable bonds is 9. The summed E-state index contributed by atoms with van der Waals surface area (Å²) in [6.07, 6.45) is 5.15. The molecule has 0 bridgehead atoms. The molecular weight excluding hydrogens is 408 g/mol. The highest BCUT2D eigenvalue weighted by molar-refractivity contribution is 7.89. The standard InChI is InChI=1S/C20H30N4O5S/c1-15(25)23-17-8-10-18(11-9-17)30(28,29)24(2)14-19(26)21-12-13-22-20(27)16-6-4-3-5-7-16/h8-11,16H,3-7,12-14H2,1-2H3,(H,21,26)(H,22,27)(H,23,25). The molecule has 0 spiro atoms. The minimum atomic E-state index is -3.85. The van der Waals surface area contributed by atoms with E-state index in [-0.39, 0.29) is 35.7 Å². The lowest BCUT2D eigenvalue weighted by molar-refractivity contribution is -0.126. The van der Waals surface area contributed by atoms with Crippen LogP contribution in [0.15, 0.2) is 29.2 Å². The fourth-order valence-corrected chi connectivity index (χ4v) is 4.46. The first kappa shape index (κ1) is 23.8. The van der Waals surface area contributed by atoms with Crippen LogP contribution in [-0.2, 0) is 24.4 Å². The van der Waals surface area contributed by atoms with Crippen molar-refractivity contribution in [3.8, 4) is 0 Å². The van der Waals surface area contributed by atoms with Crippen molar-refractivity contribution in [2.24, 2.45) is 5.92 Å². The second-order valence-electron chi connectivity index (χ2n) is 7.44. The molecule has 1 saturated carbocycles. The van der Waals surface area contributed by atoms with Gasteiger partial charge in [-0.25, -0.2) is 8.42 Å². The van der Waals surface area contributed by atoms with Crippen LogP contribution in [0, 0.1) is 5.92 Å². The van der Waals surface area contributed by atoms with Gasteiger partial charge in [-0.2, -0.15) is 4.31 Å². The summed E-state index contributed by atoms with van der Waals surface area (Å²) in [5, 5.41) is 8.00. The van der Waals surface area contributed by atoms with E-state index in [2.05, 4.69) is 16.0 Å². The molecule has 0 saturated heterocycles. The molecule has 1 aromatic rings. The van der Waals surface area contributed by atoms with Gasteiger partial charge in [0.1, 0.15) is 0 Å². The third-order valence-electron chi connectivity index (χ3n) is 4.97. The first-order chi connectivity index (χ1) is 14.2. The van der Waals surface area contributed by atoms with Crippen LogP contribution < -0.4 is 16.0 Å². The normalized spacial score (nSPS) is 14.9. The number of sulfonamides is 1. The zero-order chi connectivity index (χ0) is 22.1. The maximum absolute atomic E-state index is 12.6. The lowest BCUT2D eigenvalue weighted by Crippen LogP contribution is -2.42. The van der Waals surface area contributed by atoms with Crippen molar-refractivity contribution >= 4 is 33.4 Å². The monoisotopic (exact) mass is 438 g/mol. The largest absolute Gasteiger partial charge is 0.354 e. The number of anilines is 1. The number of carbonyl (C=O) groups is 3. The number of benzene rings is 1. The van der Waals surface area contributed by atoms with E-state index < -0.39 is 15.9 Å². The van der Waals surface area contributed by atoms with E-state index in [4.69, 9.17) is 0 Å². The van der Waals surface area contributed by atoms with E-state index in [0.717, 1.165) is 30.0 Å². The van der Waals surface area contributed by atoms with Crippen molar-refractivity contribution in [3.63, 3.8) is 0 Å². The van der Waals surface area contributed by atoms with Crippen molar-refractivity contribution in [2.75, 3.05) is 32.0 Å². The van der Waals surface area contributed by atoms with Crippen LogP contribution in [0.5, 0.6) is 0 Å². The quantitative estimate of drug-likeness (QED) is 0.498. The van der Waals surface area contributed by atoms with Crippen LogP contribution in [0.4, 0.5) is 5.69 Å². The molecule has 10 heteroatoms. The van der Waals surface area contributed by atoms with Gasteiger partial charge in [0.15, 0.2) is 0 Å². The van der Waals surface area contributed by atoms with Crippen LogP contribution in [0.1, 0.15) is 39.0 Å². The van der Waals surface area contributed by atoms with E-state index in [9.17, 15) is 22.8 Å². The number of nitrogens with zero attached hydrogens (tertiary/aromatic N) is 1. The van der Waals surface area contributed by atoms with Crippen molar-refractivity contribution < 1.29 is 22.8 Å². The molecule has 30 heavy (non-hydrogen) atoms. The van der Waals surface area contributed by atoms with Crippen LogP contribution in [-0.4, -0.2) is 57.1 Å². The molecule has 1 aromatic carbocycles. The molecule has 1 fully saturated rings. The number of nitrogens with one attached hydrogen (secondary N) is 3. The van der Waals surface area contributed by atoms with E-state index in [1.807, 2.05) is 0 Å². The van der Waals surface area contributed by atoms with Gasteiger partial charge >= 0.3 is 0 Å². The number of amides is 3. The Kier molecular flexibility index (Phi) is 8.79. The molecule has 3 N–H and O–H groups in total. The molecule has 0 heterocycles. The summed E-state index contributed by atoms with van der Waals surface area (Å²) >= 11 is 0. The van der Waals surface area contributed by atoms with Gasteiger partial charge < -0.3 is 16.0 Å². The SMILES string of the molecule is CC(=O)Nc1ccc(S(=O)(=O)N(C)CC(=O)NCCNC(=O)C2CCCCC2)cc1. The highest BCUT2D eigenvalue weighted by Gasteiger charge is 2.23. The molecule has 0 atom stereocenters. The average molecular weight is 439 g/mol. The van der Waals surface area contributed by atoms with E-state index in [1.54, 1.807) is 0 Å². The molecule has 9 nitrogen and oxygen atoms in total. The van der Waals surface area contributed by atoms with E-state index >= 15 is 0 Å². The third-order valence-corrected chi connectivity index (χ3v) is 6.79. The van der Waals surface area contributed by atoms with Crippen molar-refractivity contribution in [2.45, 2.75) is 43.9 Å². The summed E-state index contributed by atoms with van der Waals surface area (Å²) in [6, 6.07) is 5.71. The average Bonchev–Trinajstić information content (AvgIpc) is 2.71. The minimum absolute atomic E-state index is 0.0198. The number of hydrogen-bond acceptors (Lipinski definition) is 5. The molecule has 1 aliphatic rings. The highest BCUT2D eigenvalue weighted by atomic mass is 32.2. The second-order valence-corrected chi connectivity index (χ2v) is 9.49. The van der Waals surface area contributed by atoms with Gasteiger partial charge in [-0.15, -0.1) is 0 Å². The van der Waals surface area contributed by atoms with Crippen LogP contribution >= 0.6 is 0 Å².